The Morgan fingerprint density at radius 3 is 2.11 bits per heavy atom. The van der Waals surface area contributed by atoms with Gasteiger partial charge >= 0.3 is 5.97 Å². The fourth-order valence-electron chi connectivity index (χ4n) is 0.354. The Bertz CT molecular complexity index is 166. The monoisotopic (exact) mass is 124 g/mol. The number of allylic oxidation sites excluding steroid dienone is 2. The Labute approximate surface area is 53.8 Å². The van der Waals surface area contributed by atoms with Crippen LogP contribution < -0.4 is 0 Å². The van der Waals surface area contributed by atoms with Crippen LogP contribution in [0.5, 0.6) is 0 Å². The predicted octanol–water partition coefficient (Wildman–Crippen LogP) is 1.37. The standard InChI is InChI=1S/C7H8O2/c1-3-5-6(4-2)7(8)9/h3-5H,1-2H2,(H,8,9)/b6-5-. The van der Waals surface area contributed by atoms with Crippen LogP contribution in [-0.4, -0.2) is 11.1 Å². The van der Waals surface area contributed by atoms with E-state index in [0.29, 0.717) is 0 Å². The van der Waals surface area contributed by atoms with Gasteiger partial charge in [-0.25, -0.2) is 4.79 Å². The van der Waals surface area contributed by atoms with Gasteiger partial charge in [-0.1, -0.05) is 25.3 Å². The van der Waals surface area contributed by atoms with Crippen molar-refractivity contribution in [2.45, 2.75) is 0 Å². The zero-order chi connectivity index (χ0) is 7.28. The van der Waals surface area contributed by atoms with Gasteiger partial charge in [-0.15, -0.1) is 0 Å². The molecule has 0 radical (unpaired) electrons. The Hall–Kier alpha value is -1.31. The third kappa shape index (κ3) is 2.49. The molecule has 0 rings (SSSR count). The fraction of sp³-hybridized carbons (Fsp3) is 0. The van der Waals surface area contributed by atoms with Crippen molar-refractivity contribution >= 4 is 5.97 Å². The molecule has 0 aliphatic rings. The van der Waals surface area contributed by atoms with E-state index in [0.717, 1.165) is 0 Å². The first-order valence-electron chi connectivity index (χ1n) is 2.40. The third-order valence-electron chi connectivity index (χ3n) is 0.764. The van der Waals surface area contributed by atoms with Crippen molar-refractivity contribution in [3.8, 4) is 0 Å². The molecule has 0 aliphatic heterocycles. The molecule has 0 amide bonds. The zero-order valence-electron chi connectivity index (χ0n) is 5.00. The van der Waals surface area contributed by atoms with Crippen LogP contribution in [0.4, 0.5) is 0 Å². The lowest BCUT2D eigenvalue weighted by Gasteiger charge is -1.87. The first-order chi connectivity index (χ1) is 4.22. The molecule has 0 fully saturated rings. The molecule has 0 saturated carbocycles. The van der Waals surface area contributed by atoms with Gasteiger partial charge in [0.1, 0.15) is 0 Å². The molecule has 0 saturated heterocycles. The molecule has 1 N–H and O–H groups in total. The molecule has 0 heterocycles. The third-order valence-corrected chi connectivity index (χ3v) is 0.764. The molecule has 0 spiro atoms. The molecule has 48 valence electrons. The highest BCUT2D eigenvalue weighted by atomic mass is 16.4. The van der Waals surface area contributed by atoms with Crippen molar-refractivity contribution < 1.29 is 9.90 Å². The van der Waals surface area contributed by atoms with Crippen molar-refractivity contribution in [3.05, 3.63) is 37.0 Å². The molecule has 0 bridgehead atoms. The normalized spacial score (nSPS) is 10.4. The molecule has 2 heteroatoms. The maximum Gasteiger partial charge on any atom is 0.335 e. The number of hydrogen-bond acceptors (Lipinski definition) is 1. The van der Waals surface area contributed by atoms with Crippen LogP contribution in [0, 0.1) is 0 Å². The summed E-state index contributed by atoms with van der Waals surface area (Å²) < 4.78 is 0. The van der Waals surface area contributed by atoms with Crippen LogP contribution in [0.15, 0.2) is 37.0 Å². The maximum absolute atomic E-state index is 10.1. The lowest BCUT2D eigenvalue weighted by Crippen LogP contribution is -1.95. The molecule has 2 nitrogen and oxygen atoms in total. The lowest BCUT2D eigenvalue weighted by atomic mass is 10.2. The molecule has 0 aromatic carbocycles. The number of carboxylic acids is 1. The highest BCUT2D eigenvalue weighted by molar-refractivity contribution is 5.89. The van der Waals surface area contributed by atoms with Gasteiger partial charge in [-0.3, -0.25) is 0 Å². The van der Waals surface area contributed by atoms with E-state index in [9.17, 15) is 4.79 Å². The Morgan fingerprint density at radius 1 is 1.44 bits per heavy atom. The van der Waals surface area contributed by atoms with Crippen LogP contribution in [0.2, 0.25) is 0 Å². The van der Waals surface area contributed by atoms with Crippen LogP contribution in [0.1, 0.15) is 0 Å². The quantitative estimate of drug-likeness (QED) is 0.455. The molecule has 0 aromatic heterocycles. The molecule has 0 atom stereocenters. The minimum Gasteiger partial charge on any atom is -0.478 e. The summed E-state index contributed by atoms with van der Waals surface area (Å²) in [4.78, 5) is 10.1. The number of aliphatic carboxylic acids is 1. The Morgan fingerprint density at radius 2 is 2.00 bits per heavy atom. The van der Waals surface area contributed by atoms with E-state index in [-0.39, 0.29) is 5.57 Å². The van der Waals surface area contributed by atoms with Crippen molar-refractivity contribution in [3.63, 3.8) is 0 Å². The van der Waals surface area contributed by atoms with Gasteiger partial charge in [0.15, 0.2) is 0 Å². The molecular weight excluding hydrogens is 116 g/mol. The van der Waals surface area contributed by atoms with Gasteiger partial charge in [-0.2, -0.15) is 0 Å². The smallest absolute Gasteiger partial charge is 0.335 e. The van der Waals surface area contributed by atoms with Crippen LogP contribution in [0.3, 0.4) is 0 Å². The maximum atomic E-state index is 10.1. The van der Waals surface area contributed by atoms with Crippen molar-refractivity contribution in [2.24, 2.45) is 0 Å². The Balaban J connectivity index is 4.32. The lowest BCUT2D eigenvalue weighted by molar-refractivity contribution is -0.132. The highest BCUT2D eigenvalue weighted by Gasteiger charge is 1.97. The van der Waals surface area contributed by atoms with Crippen LogP contribution in [-0.2, 0) is 4.79 Å². The van der Waals surface area contributed by atoms with Crippen molar-refractivity contribution in [1.29, 1.82) is 0 Å². The van der Waals surface area contributed by atoms with Crippen LogP contribution >= 0.6 is 0 Å². The second kappa shape index (κ2) is 3.66. The van der Waals surface area contributed by atoms with Gasteiger partial charge in [0.25, 0.3) is 0 Å². The molecule has 0 aromatic rings. The van der Waals surface area contributed by atoms with E-state index in [4.69, 9.17) is 5.11 Å². The molecular formula is C7H8O2. The average Bonchev–Trinajstić information content (AvgIpc) is 1.82. The van der Waals surface area contributed by atoms with E-state index in [1.54, 1.807) is 0 Å². The number of hydrogen-bond donors (Lipinski definition) is 1. The summed E-state index contributed by atoms with van der Waals surface area (Å²) in [6, 6.07) is 0. The Kier molecular flexibility index (Phi) is 3.13. The summed E-state index contributed by atoms with van der Waals surface area (Å²) in [5, 5.41) is 8.32. The molecule has 0 aliphatic carbocycles. The predicted molar refractivity (Wildman–Crippen MR) is 36.1 cm³/mol. The van der Waals surface area contributed by atoms with E-state index < -0.39 is 5.97 Å². The zero-order valence-corrected chi connectivity index (χ0v) is 5.00. The van der Waals surface area contributed by atoms with E-state index in [1.807, 2.05) is 0 Å². The number of carbonyl (C=O) groups is 1. The SMILES string of the molecule is C=C/C=C(/C=C)C(=O)O. The fourth-order valence-corrected chi connectivity index (χ4v) is 0.354. The average molecular weight is 124 g/mol. The van der Waals surface area contributed by atoms with Crippen molar-refractivity contribution in [1.82, 2.24) is 0 Å². The van der Waals surface area contributed by atoms with E-state index in [1.165, 1.54) is 18.2 Å². The largest absolute Gasteiger partial charge is 0.478 e. The van der Waals surface area contributed by atoms with Gasteiger partial charge in [0.05, 0.1) is 5.57 Å². The summed E-state index contributed by atoms with van der Waals surface area (Å²) >= 11 is 0. The molecule has 0 unspecified atom stereocenters. The second-order valence-electron chi connectivity index (χ2n) is 1.37. The topological polar surface area (TPSA) is 37.3 Å². The van der Waals surface area contributed by atoms with Crippen molar-refractivity contribution in [2.75, 3.05) is 0 Å². The second-order valence-corrected chi connectivity index (χ2v) is 1.37. The first kappa shape index (κ1) is 7.69. The summed E-state index contributed by atoms with van der Waals surface area (Å²) in [5.74, 6) is -0.982. The highest BCUT2D eigenvalue weighted by Crippen LogP contribution is 1.94. The molecule has 9 heavy (non-hydrogen) atoms. The summed E-state index contributed by atoms with van der Waals surface area (Å²) in [6.45, 7) is 6.65. The van der Waals surface area contributed by atoms with Gasteiger partial charge < -0.3 is 5.11 Å². The number of carboxylic acid groups (broad SMARTS) is 1. The van der Waals surface area contributed by atoms with E-state index >= 15 is 0 Å². The van der Waals surface area contributed by atoms with Gasteiger partial charge in [0, 0.05) is 0 Å². The van der Waals surface area contributed by atoms with Crippen LogP contribution in [0.25, 0.3) is 0 Å². The van der Waals surface area contributed by atoms with E-state index in [2.05, 4.69) is 13.2 Å². The minimum absolute atomic E-state index is 0.157. The minimum atomic E-state index is -0.982. The number of rotatable bonds is 3. The first-order valence-corrected chi connectivity index (χ1v) is 2.40. The summed E-state index contributed by atoms with van der Waals surface area (Å²) in [7, 11) is 0. The summed E-state index contributed by atoms with van der Waals surface area (Å²) in [6.07, 6.45) is 4.06. The summed E-state index contributed by atoms with van der Waals surface area (Å²) in [5.41, 5.74) is 0.157. The van der Waals surface area contributed by atoms with Gasteiger partial charge in [0.2, 0.25) is 0 Å². The van der Waals surface area contributed by atoms with Gasteiger partial charge in [-0.05, 0) is 6.08 Å².